The van der Waals surface area contributed by atoms with E-state index in [-0.39, 0.29) is 11.8 Å². The van der Waals surface area contributed by atoms with Gasteiger partial charge < -0.3 is 8.83 Å². The molecular weight excluding hydrogens is 488 g/mol. The summed E-state index contributed by atoms with van der Waals surface area (Å²) in [6.45, 7) is 0. The highest BCUT2D eigenvalue weighted by Gasteiger charge is 2.09. The summed E-state index contributed by atoms with van der Waals surface area (Å²) in [5.74, 6) is 0.492. The highest BCUT2D eigenvalue weighted by atomic mass is 16.4. The first-order chi connectivity index (χ1) is 19.1. The van der Waals surface area contributed by atoms with Crippen LogP contribution in [0.1, 0.15) is 34.0 Å². The van der Waals surface area contributed by atoms with Crippen LogP contribution in [-0.4, -0.2) is 9.97 Å². The Balaban J connectivity index is 1.24. The fraction of sp³-hybridized carbons (Fsp3) is 0.0303. The average Bonchev–Trinajstić information content (AvgIpc) is 2.97. The Hall–Kier alpha value is -5.36. The van der Waals surface area contributed by atoms with Crippen molar-refractivity contribution in [1.82, 2.24) is 9.97 Å². The Bertz CT molecular complexity index is 1830. The maximum atomic E-state index is 12.7. The second kappa shape index (κ2) is 10.6. The molecule has 6 nitrogen and oxygen atoms in total. The van der Waals surface area contributed by atoms with Crippen LogP contribution in [0, 0.1) is 0 Å². The molecule has 0 fully saturated rings. The highest BCUT2D eigenvalue weighted by molar-refractivity contribution is 5.81. The molecule has 0 unspecified atom stereocenters. The highest BCUT2D eigenvalue weighted by Crippen LogP contribution is 2.19. The maximum Gasteiger partial charge on any atom is 0.347 e. The summed E-state index contributed by atoms with van der Waals surface area (Å²) in [6, 6.07) is 30.5. The minimum absolute atomic E-state index is 0.246. The van der Waals surface area contributed by atoms with Crippen molar-refractivity contribution in [1.29, 1.82) is 0 Å². The summed E-state index contributed by atoms with van der Waals surface area (Å²) in [5.41, 5.74) is 3.97. The lowest BCUT2D eigenvalue weighted by Gasteiger charge is -2.05. The third-order valence-corrected chi connectivity index (χ3v) is 6.26. The summed E-state index contributed by atoms with van der Waals surface area (Å²) in [7, 11) is 0. The smallest absolute Gasteiger partial charge is 0.347 e. The van der Waals surface area contributed by atoms with E-state index in [9.17, 15) is 9.59 Å². The Morgan fingerprint density at radius 2 is 0.974 bits per heavy atom. The molecule has 0 aliphatic rings. The zero-order valence-corrected chi connectivity index (χ0v) is 20.8. The standard InChI is InChI=1S/C33H22N2O4/c36-32-26-20-24(11-15-28(26)34-30(38-32)17-13-22-7-3-1-4-8-22)19-25-12-16-29-27(21-25)33(37)39-31(35-29)18-14-23-9-5-2-6-10-23/h1-18,20-21H,19H2. The molecule has 39 heavy (non-hydrogen) atoms. The van der Waals surface area contributed by atoms with Crippen LogP contribution < -0.4 is 11.3 Å². The van der Waals surface area contributed by atoms with Gasteiger partial charge in [0.1, 0.15) is 0 Å². The fourth-order valence-corrected chi connectivity index (χ4v) is 4.33. The zero-order chi connectivity index (χ0) is 26.6. The molecule has 2 aromatic heterocycles. The van der Waals surface area contributed by atoms with Gasteiger partial charge in [0.15, 0.2) is 0 Å². The van der Waals surface area contributed by atoms with Crippen LogP contribution in [0.5, 0.6) is 0 Å². The second-order valence-corrected chi connectivity index (χ2v) is 9.05. The number of rotatable bonds is 6. The molecule has 0 N–H and O–H groups in total. The lowest BCUT2D eigenvalue weighted by Crippen LogP contribution is -2.05. The van der Waals surface area contributed by atoms with Crippen LogP contribution in [0.3, 0.4) is 0 Å². The Morgan fingerprint density at radius 3 is 1.41 bits per heavy atom. The van der Waals surface area contributed by atoms with E-state index in [2.05, 4.69) is 9.97 Å². The minimum atomic E-state index is -0.450. The predicted octanol–water partition coefficient (Wildman–Crippen LogP) is 6.62. The molecule has 0 atom stereocenters. The van der Waals surface area contributed by atoms with Crippen molar-refractivity contribution in [3.8, 4) is 0 Å². The van der Waals surface area contributed by atoms with E-state index >= 15 is 0 Å². The molecule has 6 rings (SSSR count). The molecule has 6 aromatic rings. The fourth-order valence-electron chi connectivity index (χ4n) is 4.33. The molecule has 0 aliphatic heterocycles. The summed E-state index contributed by atoms with van der Waals surface area (Å²) in [6.07, 6.45) is 7.57. The zero-order valence-electron chi connectivity index (χ0n) is 20.8. The van der Waals surface area contributed by atoms with Gasteiger partial charge in [0, 0.05) is 12.2 Å². The average molecular weight is 511 g/mol. The first-order valence-corrected chi connectivity index (χ1v) is 12.4. The summed E-state index contributed by atoms with van der Waals surface area (Å²) >= 11 is 0. The molecule has 0 aliphatic carbocycles. The van der Waals surface area contributed by atoms with Gasteiger partial charge in [-0.1, -0.05) is 72.8 Å². The van der Waals surface area contributed by atoms with E-state index in [1.54, 1.807) is 24.3 Å². The molecule has 6 heteroatoms. The quantitative estimate of drug-likeness (QED) is 0.250. The van der Waals surface area contributed by atoms with Crippen LogP contribution in [0.4, 0.5) is 0 Å². The first-order valence-electron chi connectivity index (χ1n) is 12.4. The molecule has 0 spiro atoms. The van der Waals surface area contributed by atoms with E-state index in [0.29, 0.717) is 28.2 Å². The summed E-state index contributed by atoms with van der Waals surface area (Å²) < 4.78 is 10.9. The number of nitrogens with zero attached hydrogens (tertiary/aromatic N) is 2. The molecule has 0 bridgehead atoms. The number of aromatic nitrogens is 2. The topological polar surface area (TPSA) is 86.2 Å². The van der Waals surface area contributed by atoms with Gasteiger partial charge in [0.05, 0.1) is 21.8 Å². The molecule has 0 amide bonds. The molecule has 2 heterocycles. The second-order valence-electron chi connectivity index (χ2n) is 9.05. The molecule has 0 saturated carbocycles. The maximum absolute atomic E-state index is 12.7. The van der Waals surface area contributed by atoms with Gasteiger partial charge in [-0.05, 0) is 65.1 Å². The lowest BCUT2D eigenvalue weighted by molar-refractivity contribution is 0.490. The number of hydrogen-bond donors (Lipinski definition) is 0. The first kappa shape index (κ1) is 24.0. The van der Waals surface area contributed by atoms with Gasteiger partial charge in [0.2, 0.25) is 11.8 Å². The Labute approximate surface area is 223 Å². The van der Waals surface area contributed by atoms with Crippen LogP contribution in [0.15, 0.2) is 115 Å². The Kier molecular flexibility index (Phi) is 6.50. The van der Waals surface area contributed by atoms with Gasteiger partial charge in [-0.25, -0.2) is 19.6 Å². The van der Waals surface area contributed by atoms with Crippen LogP contribution in [-0.2, 0) is 6.42 Å². The Morgan fingerprint density at radius 1 is 0.538 bits per heavy atom. The van der Waals surface area contributed by atoms with Crippen LogP contribution in [0.2, 0.25) is 0 Å². The van der Waals surface area contributed by atoms with Crippen molar-refractivity contribution in [2.24, 2.45) is 0 Å². The molecule has 188 valence electrons. The van der Waals surface area contributed by atoms with Gasteiger partial charge in [0.25, 0.3) is 0 Å². The molecule has 0 saturated heterocycles. The lowest BCUT2D eigenvalue weighted by atomic mass is 10.0. The van der Waals surface area contributed by atoms with Crippen LogP contribution in [0.25, 0.3) is 46.1 Å². The van der Waals surface area contributed by atoms with Crippen molar-refractivity contribution in [3.05, 3.63) is 152 Å². The van der Waals surface area contributed by atoms with Crippen LogP contribution >= 0.6 is 0 Å². The van der Waals surface area contributed by atoms with Gasteiger partial charge in [-0.2, -0.15) is 0 Å². The van der Waals surface area contributed by atoms with E-state index in [4.69, 9.17) is 8.83 Å². The molecule has 4 aromatic carbocycles. The number of benzene rings is 4. The largest absolute Gasteiger partial charge is 0.404 e. The minimum Gasteiger partial charge on any atom is -0.404 e. The monoisotopic (exact) mass is 510 g/mol. The van der Waals surface area contributed by atoms with Crippen molar-refractivity contribution < 1.29 is 8.83 Å². The van der Waals surface area contributed by atoms with E-state index in [1.807, 2.05) is 97.1 Å². The normalized spacial score (nSPS) is 11.7. The van der Waals surface area contributed by atoms with Crippen molar-refractivity contribution in [3.63, 3.8) is 0 Å². The van der Waals surface area contributed by atoms with E-state index in [1.165, 1.54) is 0 Å². The third kappa shape index (κ3) is 5.50. The molecule has 0 radical (unpaired) electrons. The van der Waals surface area contributed by atoms with Crippen molar-refractivity contribution >= 4 is 46.1 Å². The van der Waals surface area contributed by atoms with Gasteiger partial charge in [-0.15, -0.1) is 0 Å². The number of fused-ring (bicyclic) bond motifs is 2. The predicted molar refractivity (Wildman–Crippen MR) is 154 cm³/mol. The van der Waals surface area contributed by atoms with Gasteiger partial charge in [-0.3, -0.25) is 0 Å². The summed E-state index contributed by atoms with van der Waals surface area (Å²) in [5, 5.41) is 0.808. The van der Waals surface area contributed by atoms with E-state index < -0.39 is 11.3 Å². The van der Waals surface area contributed by atoms with Crippen molar-refractivity contribution in [2.75, 3.05) is 0 Å². The summed E-state index contributed by atoms with van der Waals surface area (Å²) in [4.78, 5) is 34.4. The van der Waals surface area contributed by atoms with Gasteiger partial charge >= 0.3 is 11.3 Å². The molecular formula is C33H22N2O4. The SMILES string of the molecule is O=c1oc(C=Cc2ccccc2)nc2ccc(Cc3ccc4nc(C=Cc5ccccc5)oc(=O)c4c3)cc12. The third-order valence-electron chi connectivity index (χ3n) is 6.26. The van der Waals surface area contributed by atoms with E-state index in [0.717, 1.165) is 22.3 Å². The van der Waals surface area contributed by atoms with Crippen molar-refractivity contribution in [2.45, 2.75) is 6.42 Å². The number of hydrogen-bond acceptors (Lipinski definition) is 6.